The van der Waals surface area contributed by atoms with E-state index in [0.717, 1.165) is 18.2 Å². The molecule has 2 unspecified atom stereocenters. The van der Waals surface area contributed by atoms with Crippen LogP contribution in [0.2, 0.25) is 0 Å². The maximum atomic E-state index is 12.8. The van der Waals surface area contributed by atoms with Crippen molar-refractivity contribution in [2.75, 3.05) is 0 Å². The summed E-state index contributed by atoms with van der Waals surface area (Å²) in [6.07, 6.45) is -0.196. The van der Waals surface area contributed by atoms with E-state index in [4.69, 9.17) is 43.6 Å². The molecule has 1 aliphatic rings. The summed E-state index contributed by atoms with van der Waals surface area (Å²) in [5.41, 5.74) is 0. The van der Waals surface area contributed by atoms with Crippen LogP contribution in [0.3, 0.4) is 0 Å². The van der Waals surface area contributed by atoms with Gasteiger partial charge in [0, 0.05) is 5.92 Å². The summed E-state index contributed by atoms with van der Waals surface area (Å²) in [5.74, 6) is -2.65. The first kappa shape index (κ1) is 19.0. The molecule has 0 amide bonds. The number of nitrogens with zero attached hydrogens (tertiary/aromatic N) is 2. The third-order valence-corrected chi connectivity index (χ3v) is 8.07. The number of sulfone groups is 1. The van der Waals surface area contributed by atoms with Crippen LogP contribution < -0.4 is 0 Å². The van der Waals surface area contributed by atoms with Crippen LogP contribution in [-0.4, -0.2) is 21.4 Å². The third kappa shape index (κ3) is 2.66. The highest BCUT2D eigenvalue weighted by Crippen LogP contribution is 2.68. The smallest absolute Gasteiger partial charge is 0.405 e. The molecule has 0 bridgehead atoms. The Morgan fingerprint density at radius 2 is 1.58 bits per heavy atom. The van der Waals surface area contributed by atoms with Crippen LogP contribution in [0.1, 0.15) is 23.9 Å². The van der Waals surface area contributed by atoms with E-state index >= 15 is 0 Å². The van der Waals surface area contributed by atoms with Gasteiger partial charge in [-0.2, -0.15) is 0 Å². The molecule has 1 aliphatic carbocycles. The monoisotopic (exact) mass is 444 g/mol. The molecular formula is C12H7Cl3N2O8S. The lowest BCUT2D eigenvalue weighted by Crippen LogP contribution is -2.33. The molecule has 0 aromatic carbocycles. The second-order valence-electron chi connectivity index (χ2n) is 5.42. The second-order valence-corrected chi connectivity index (χ2v) is 10.7. The fraction of sp³-hybridized carbons (Fsp3) is 0.333. The van der Waals surface area contributed by atoms with Crippen molar-refractivity contribution in [2.45, 2.75) is 20.2 Å². The lowest BCUT2D eigenvalue weighted by Gasteiger charge is -2.20. The van der Waals surface area contributed by atoms with Gasteiger partial charge in [-0.3, -0.25) is 20.2 Å². The van der Waals surface area contributed by atoms with Crippen LogP contribution in [0.4, 0.5) is 11.8 Å². The summed E-state index contributed by atoms with van der Waals surface area (Å²) in [6.45, 7) is 0. The maximum Gasteiger partial charge on any atom is 0.433 e. The van der Waals surface area contributed by atoms with Crippen LogP contribution in [0.15, 0.2) is 33.1 Å². The Balaban J connectivity index is 2.13. The van der Waals surface area contributed by atoms with Crippen molar-refractivity contribution in [3.63, 3.8) is 0 Å². The molecule has 3 rings (SSSR count). The standard InChI is InChI=1S/C12H7Cl3N2O8S/c13-12(14,15)26(22,23)11(8-2-4-10(25-8)17(20)21)5-6(11)7-1-3-9(24-7)16(18)19/h1-4,6H,5H2. The molecule has 0 N–H and O–H groups in total. The number of alkyl halides is 3. The van der Waals surface area contributed by atoms with Gasteiger partial charge in [0.15, 0.2) is 0 Å². The molecule has 2 heterocycles. The minimum atomic E-state index is -4.59. The zero-order valence-corrected chi connectivity index (χ0v) is 15.4. The van der Waals surface area contributed by atoms with E-state index < -0.39 is 45.2 Å². The van der Waals surface area contributed by atoms with Gasteiger partial charge >= 0.3 is 11.8 Å². The predicted molar refractivity (Wildman–Crippen MR) is 89.0 cm³/mol. The largest absolute Gasteiger partial charge is 0.433 e. The summed E-state index contributed by atoms with van der Waals surface area (Å²) in [7, 11) is -4.59. The molecule has 0 radical (unpaired) electrons. The Kier molecular flexibility index (Phi) is 4.26. The molecule has 0 aliphatic heterocycles. The molecule has 1 saturated carbocycles. The fourth-order valence-electron chi connectivity index (χ4n) is 2.76. The van der Waals surface area contributed by atoms with Gasteiger partial charge in [-0.1, -0.05) is 34.8 Å². The van der Waals surface area contributed by atoms with E-state index in [1.54, 1.807) is 0 Å². The number of furan rings is 2. The van der Waals surface area contributed by atoms with Crippen molar-refractivity contribution in [3.8, 4) is 0 Å². The van der Waals surface area contributed by atoms with Gasteiger partial charge < -0.3 is 8.83 Å². The molecule has 2 aromatic rings. The van der Waals surface area contributed by atoms with E-state index in [2.05, 4.69) is 0 Å². The minimum absolute atomic E-state index is 0.0476. The molecule has 10 nitrogen and oxygen atoms in total. The Morgan fingerprint density at radius 3 is 2.04 bits per heavy atom. The summed E-state index contributed by atoms with van der Waals surface area (Å²) in [5, 5.41) is 21.6. The van der Waals surface area contributed by atoms with Gasteiger partial charge in [-0.25, -0.2) is 8.42 Å². The van der Waals surface area contributed by atoms with Crippen LogP contribution in [-0.2, 0) is 14.6 Å². The van der Waals surface area contributed by atoms with Crippen molar-refractivity contribution in [1.82, 2.24) is 0 Å². The number of rotatable bonds is 5. The van der Waals surface area contributed by atoms with Crippen molar-refractivity contribution in [2.24, 2.45) is 0 Å². The number of halogens is 3. The average molecular weight is 446 g/mol. The van der Waals surface area contributed by atoms with Crippen molar-refractivity contribution >= 4 is 56.4 Å². The summed E-state index contributed by atoms with van der Waals surface area (Å²) in [6, 6.07) is 4.31. The maximum absolute atomic E-state index is 12.8. The van der Waals surface area contributed by atoms with Crippen molar-refractivity contribution in [3.05, 3.63) is 56.0 Å². The molecule has 26 heavy (non-hydrogen) atoms. The lowest BCUT2D eigenvalue weighted by atomic mass is 10.2. The highest BCUT2D eigenvalue weighted by molar-refractivity contribution is 7.98. The van der Waals surface area contributed by atoms with Gasteiger partial charge in [-0.05, 0) is 18.6 Å². The molecule has 1 fully saturated rings. The van der Waals surface area contributed by atoms with Crippen molar-refractivity contribution < 1.29 is 27.1 Å². The molecule has 0 spiro atoms. The Hall–Kier alpha value is -1.82. The van der Waals surface area contributed by atoms with E-state index in [1.165, 1.54) is 6.07 Å². The summed E-state index contributed by atoms with van der Waals surface area (Å²) in [4.78, 5) is 19.9. The summed E-state index contributed by atoms with van der Waals surface area (Å²) < 4.78 is 31.0. The van der Waals surface area contributed by atoms with Gasteiger partial charge in [0.2, 0.25) is 9.84 Å². The molecule has 14 heteroatoms. The number of nitro groups is 2. The Labute approximate surface area is 159 Å². The molecular weight excluding hydrogens is 439 g/mol. The number of hydrogen-bond donors (Lipinski definition) is 0. The van der Waals surface area contributed by atoms with Crippen LogP contribution in [0.5, 0.6) is 0 Å². The molecule has 2 atom stereocenters. The lowest BCUT2D eigenvalue weighted by molar-refractivity contribution is -0.402. The molecule has 0 saturated heterocycles. The normalized spacial score (nSPS) is 23.0. The third-order valence-electron chi connectivity index (χ3n) is 4.02. The number of hydrogen-bond acceptors (Lipinski definition) is 8. The Morgan fingerprint density at radius 1 is 1.04 bits per heavy atom. The van der Waals surface area contributed by atoms with E-state index in [-0.39, 0.29) is 17.9 Å². The quantitative estimate of drug-likeness (QED) is 0.383. The zero-order chi connectivity index (χ0) is 19.5. The SMILES string of the molecule is O=[N+]([O-])c1ccc(C2CC2(c2ccc([N+](=O)[O-])o2)S(=O)(=O)C(Cl)(Cl)Cl)o1. The van der Waals surface area contributed by atoms with Crippen LogP contribution in [0, 0.1) is 20.2 Å². The minimum Gasteiger partial charge on any atom is -0.405 e. The predicted octanol–water partition coefficient (Wildman–Crippen LogP) is 3.81. The van der Waals surface area contributed by atoms with Gasteiger partial charge in [0.25, 0.3) is 3.12 Å². The van der Waals surface area contributed by atoms with Gasteiger partial charge in [0.1, 0.15) is 26.1 Å². The first-order chi connectivity index (χ1) is 11.9. The first-order valence-corrected chi connectivity index (χ1v) is 9.33. The average Bonchev–Trinajstić information content (AvgIpc) is 2.91. The van der Waals surface area contributed by atoms with Crippen LogP contribution in [0.25, 0.3) is 0 Å². The van der Waals surface area contributed by atoms with E-state index in [9.17, 15) is 28.6 Å². The van der Waals surface area contributed by atoms with Crippen LogP contribution >= 0.6 is 34.8 Å². The fourth-order valence-corrected chi connectivity index (χ4v) is 5.67. The molecule has 2 aromatic heterocycles. The van der Waals surface area contributed by atoms with E-state index in [1.807, 2.05) is 0 Å². The Bertz CT molecular complexity index is 1010. The first-order valence-electron chi connectivity index (χ1n) is 6.71. The summed E-state index contributed by atoms with van der Waals surface area (Å²) >= 11 is 16.8. The molecule has 140 valence electrons. The van der Waals surface area contributed by atoms with Crippen molar-refractivity contribution in [1.29, 1.82) is 0 Å². The second kappa shape index (κ2) is 5.84. The zero-order valence-electron chi connectivity index (χ0n) is 12.3. The highest BCUT2D eigenvalue weighted by Gasteiger charge is 2.73. The highest BCUT2D eigenvalue weighted by atomic mass is 35.6. The van der Waals surface area contributed by atoms with Gasteiger partial charge in [-0.15, -0.1) is 0 Å². The van der Waals surface area contributed by atoms with Gasteiger partial charge in [0.05, 0.1) is 12.1 Å². The van der Waals surface area contributed by atoms with E-state index in [0.29, 0.717) is 0 Å². The topological polar surface area (TPSA) is 147 Å².